The minimum atomic E-state index is -2.06. The summed E-state index contributed by atoms with van der Waals surface area (Å²) in [5.41, 5.74) is 1.47. The Bertz CT molecular complexity index is 301. The lowest BCUT2D eigenvalue weighted by atomic mass is 9.69. The summed E-state index contributed by atoms with van der Waals surface area (Å²) in [7, 11) is 1.82. The molecule has 0 bridgehead atoms. The third kappa shape index (κ3) is 2.64. The lowest BCUT2D eigenvalue weighted by Gasteiger charge is -2.59. The first kappa shape index (κ1) is 17.5. The molecule has 0 radical (unpaired) electrons. The second-order valence-corrected chi connectivity index (χ2v) is 11.0. The van der Waals surface area contributed by atoms with E-state index >= 15 is 0 Å². The third-order valence-corrected chi connectivity index (χ3v) is 11.7. The second-order valence-electron chi connectivity index (χ2n) is 7.29. The molecule has 6 atom stereocenters. The van der Waals surface area contributed by atoms with Gasteiger partial charge in [-0.3, -0.25) is 0 Å². The molecule has 2 saturated carbocycles. The Morgan fingerprint density at radius 2 is 1.10 bits per heavy atom. The maximum atomic E-state index is 6.26. The lowest BCUT2D eigenvalue weighted by molar-refractivity contribution is 0.0600. The monoisotopic (exact) mass is 312 g/mol. The Kier molecular flexibility index (Phi) is 5.95. The molecule has 0 aromatic rings. The van der Waals surface area contributed by atoms with Crippen molar-refractivity contribution in [2.75, 3.05) is 14.2 Å². The fraction of sp³-hybridized carbons (Fsp3) is 1.00. The smallest absolute Gasteiger partial charge is 0.344 e. The molecule has 6 unspecified atom stereocenters. The first-order valence-electron chi connectivity index (χ1n) is 9.23. The molecule has 0 aromatic carbocycles. The Morgan fingerprint density at radius 1 is 0.714 bits per heavy atom. The van der Waals surface area contributed by atoms with Crippen LogP contribution in [-0.4, -0.2) is 22.8 Å². The number of hydrogen-bond acceptors (Lipinski definition) is 2. The van der Waals surface area contributed by atoms with E-state index < -0.39 is 8.56 Å². The topological polar surface area (TPSA) is 18.5 Å². The third-order valence-electron chi connectivity index (χ3n) is 7.02. The highest BCUT2D eigenvalue weighted by Crippen LogP contribution is 2.63. The average Bonchev–Trinajstić information content (AvgIpc) is 2.45. The summed E-state index contributed by atoms with van der Waals surface area (Å²) in [5.74, 6) is 3.53. The van der Waals surface area contributed by atoms with Crippen molar-refractivity contribution in [2.45, 2.75) is 77.3 Å². The lowest BCUT2D eigenvalue weighted by Crippen LogP contribution is -2.62. The van der Waals surface area contributed by atoms with Crippen LogP contribution >= 0.6 is 0 Å². The van der Waals surface area contributed by atoms with Crippen LogP contribution in [0.15, 0.2) is 0 Å². The summed E-state index contributed by atoms with van der Waals surface area (Å²) in [6, 6.07) is 0. The molecular weight excluding hydrogens is 276 g/mol. The molecule has 3 heteroatoms. The Labute approximate surface area is 133 Å². The van der Waals surface area contributed by atoms with Crippen molar-refractivity contribution in [3.8, 4) is 0 Å². The van der Waals surface area contributed by atoms with Crippen LogP contribution in [0.2, 0.25) is 11.1 Å². The van der Waals surface area contributed by atoms with E-state index in [0.29, 0.717) is 0 Å². The van der Waals surface area contributed by atoms with Crippen molar-refractivity contribution in [1.29, 1.82) is 0 Å². The van der Waals surface area contributed by atoms with Crippen molar-refractivity contribution in [1.82, 2.24) is 0 Å². The van der Waals surface area contributed by atoms with Crippen molar-refractivity contribution in [3.05, 3.63) is 0 Å². The summed E-state index contributed by atoms with van der Waals surface area (Å²) < 4.78 is 12.5. The summed E-state index contributed by atoms with van der Waals surface area (Å²) in [6.07, 6.45) is 7.95. The van der Waals surface area contributed by atoms with Gasteiger partial charge in [0, 0.05) is 25.3 Å². The van der Waals surface area contributed by atoms with E-state index in [4.69, 9.17) is 8.85 Å². The molecule has 0 amide bonds. The molecule has 0 spiro atoms. The fourth-order valence-electron chi connectivity index (χ4n) is 5.68. The molecule has 2 aliphatic rings. The van der Waals surface area contributed by atoms with E-state index in [1.54, 1.807) is 0 Å². The molecule has 0 aliphatic heterocycles. The van der Waals surface area contributed by atoms with Gasteiger partial charge < -0.3 is 8.85 Å². The van der Waals surface area contributed by atoms with E-state index in [9.17, 15) is 0 Å². The summed E-state index contributed by atoms with van der Waals surface area (Å²) in [5, 5.41) is 0. The summed E-state index contributed by atoms with van der Waals surface area (Å²) >= 11 is 0. The second kappa shape index (κ2) is 7.14. The molecular formula is C18H36O2Si. The largest absolute Gasteiger partial charge is 0.397 e. The van der Waals surface area contributed by atoms with E-state index in [0.717, 1.165) is 34.8 Å². The average molecular weight is 313 g/mol. The van der Waals surface area contributed by atoms with Crippen LogP contribution < -0.4 is 0 Å². The molecule has 124 valence electrons. The number of hydrogen-bond donors (Lipinski definition) is 0. The zero-order valence-corrected chi connectivity index (χ0v) is 16.0. The zero-order chi connectivity index (χ0) is 15.6. The van der Waals surface area contributed by atoms with Gasteiger partial charge in [0.25, 0.3) is 0 Å². The number of rotatable bonds is 8. The van der Waals surface area contributed by atoms with Gasteiger partial charge in [-0.05, 0) is 36.5 Å². The van der Waals surface area contributed by atoms with Gasteiger partial charge >= 0.3 is 8.56 Å². The Hall–Kier alpha value is 0.137. The van der Waals surface area contributed by atoms with Gasteiger partial charge in [-0.2, -0.15) is 0 Å². The molecule has 2 nitrogen and oxygen atoms in total. The van der Waals surface area contributed by atoms with Gasteiger partial charge in [0.1, 0.15) is 0 Å². The van der Waals surface area contributed by atoms with Crippen LogP contribution in [0, 0.1) is 23.7 Å². The Morgan fingerprint density at radius 3 is 1.33 bits per heavy atom. The first-order chi connectivity index (χ1) is 10.1. The minimum absolute atomic E-state index is 0.735. The molecule has 2 fully saturated rings. The van der Waals surface area contributed by atoms with Crippen LogP contribution in [0.1, 0.15) is 66.2 Å². The van der Waals surface area contributed by atoms with Crippen LogP contribution in [0.25, 0.3) is 0 Å². The minimum Gasteiger partial charge on any atom is -0.397 e. The van der Waals surface area contributed by atoms with Gasteiger partial charge in [0.2, 0.25) is 0 Å². The standard InChI is InChI=1S/C18H36O2Si/c1-7-13-11-17(15(13)9-3)21(19-5,20-6)18-12-14(8-2)16(18)10-4/h13-18H,7-12H2,1-6H3. The summed E-state index contributed by atoms with van der Waals surface area (Å²) in [4.78, 5) is 0. The quantitative estimate of drug-likeness (QED) is 0.561. The van der Waals surface area contributed by atoms with Gasteiger partial charge in [0.05, 0.1) is 0 Å². The first-order valence-corrected chi connectivity index (χ1v) is 11.2. The van der Waals surface area contributed by atoms with Crippen LogP contribution in [-0.2, 0) is 8.85 Å². The highest BCUT2D eigenvalue weighted by Gasteiger charge is 2.64. The van der Waals surface area contributed by atoms with Gasteiger partial charge in [-0.1, -0.05) is 53.4 Å². The molecule has 21 heavy (non-hydrogen) atoms. The van der Waals surface area contributed by atoms with E-state index in [1.807, 2.05) is 14.2 Å². The molecule has 2 rings (SSSR count). The zero-order valence-electron chi connectivity index (χ0n) is 15.0. The molecule has 0 saturated heterocycles. The summed E-state index contributed by atoms with van der Waals surface area (Å²) in [6.45, 7) is 9.41. The van der Waals surface area contributed by atoms with E-state index in [2.05, 4.69) is 27.7 Å². The van der Waals surface area contributed by atoms with Crippen LogP contribution in [0.3, 0.4) is 0 Å². The predicted octanol–water partition coefficient (Wildman–Crippen LogP) is 5.37. The maximum absolute atomic E-state index is 6.26. The predicted molar refractivity (Wildman–Crippen MR) is 91.6 cm³/mol. The normalized spacial score (nSPS) is 39.7. The van der Waals surface area contributed by atoms with Crippen molar-refractivity contribution < 1.29 is 8.85 Å². The SMILES string of the molecule is CCC1CC([Si](OC)(OC)C2CC(CC)C2CC)C1CC. The molecule has 0 N–H and O–H groups in total. The molecule has 0 heterocycles. The fourth-order valence-corrected chi connectivity index (χ4v) is 11.1. The van der Waals surface area contributed by atoms with Gasteiger partial charge in [-0.25, -0.2) is 0 Å². The maximum Gasteiger partial charge on any atom is 0.344 e. The Balaban J connectivity index is 2.18. The van der Waals surface area contributed by atoms with Gasteiger partial charge in [-0.15, -0.1) is 0 Å². The highest BCUT2D eigenvalue weighted by molar-refractivity contribution is 6.71. The van der Waals surface area contributed by atoms with Crippen LogP contribution in [0.5, 0.6) is 0 Å². The van der Waals surface area contributed by atoms with Crippen LogP contribution in [0.4, 0.5) is 0 Å². The van der Waals surface area contributed by atoms with Gasteiger partial charge in [0.15, 0.2) is 0 Å². The van der Waals surface area contributed by atoms with E-state index in [-0.39, 0.29) is 0 Å². The van der Waals surface area contributed by atoms with E-state index in [1.165, 1.54) is 38.5 Å². The highest BCUT2D eigenvalue weighted by atomic mass is 28.4. The van der Waals surface area contributed by atoms with Crippen molar-refractivity contribution >= 4 is 8.56 Å². The molecule has 2 aliphatic carbocycles. The molecule has 0 aromatic heterocycles. The van der Waals surface area contributed by atoms with Crippen molar-refractivity contribution in [2.24, 2.45) is 23.7 Å². The van der Waals surface area contributed by atoms with Crippen molar-refractivity contribution in [3.63, 3.8) is 0 Å².